The van der Waals surface area contributed by atoms with Crippen LogP contribution in [0, 0.1) is 13.8 Å². The third-order valence-electron chi connectivity index (χ3n) is 3.94. The van der Waals surface area contributed by atoms with E-state index in [0.717, 1.165) is 10.5 Å². The van der Waals surface area contributed by atoms with E-state index in [9.17, 15) is 9.90 Å². The zero-order valence-corrected chi connectivity index (χ0v) is 15.4. The van der Waals surface area contributed by atoms with Crippen molar-refractivity contribution in [2.75, 3.05) is 6.54 Å². The van der Waals surface area contributed by atoms with Crippen molar-refractivity contribution < 1.29 is 9.90 Å². The van der Waals surface area contributed by atoms with Gasteiger partial charge in [-0.05, 0) is 51.0 Å². The van der Waals surface area contributed by atoms with Crippen LogP contribution in [0.4, 0.5) is 0 Å². The first-order valence-electron chi connectivity index (χ1n) is 8.03. The summed E-state index contributed by atoms with van der Waals surface area (Å²) < 4.78 is 0. The second-order valence-electron chi connectivity index (χ2n) is 6.26. The number of nitrogens with zero attached hydrogens (tertiary/aromatic N) is 1. The Morgan fingerprint density at radius 1 is 1.33 bits per heavy atom. The van der Waals surface area contributed by atoms with Gasteiger partial charge in [0.1, 0.15) is 5.03 Å². The zero-order chi connectivity index (χ0) is 17.7. The first kappa shape index (κ1) is 18.5. The van der Waals surface area contributed by atoms with Gasteiger partial charge in [0, 0.05) is 17.6 Å². The molecule has 5 heteroatoms. The van der Waals surface area contributed by atoms with Crippen molar-refractivity contribution in [2.24, 2.45) is 0 Å². The molecule has 0 radical (unpaired) electrons. The summed E-state index contributed by atoms with van der Waals surface area (Å²) in [6.45, 7) is 7.92. The standard InChI is InChI=1S/C19H24N2O2S/c1-5-19(4,23)12-21-17(22)15-7-6-10-20-18(15)24-16-9-8-13(2)11-14(16)3/h6-11,23H,5,12H2,1-4H3,(H,21,22)/t19-/m0/s1. The van der Waals surface area contributed by atoms with Crippen LogP contribution in [0.5, 0.6) is 0 Å². The second kappa shape index (κ2) is 7.81. The van der Waals surface area contributed by atoms with Gasteiger partial charge in [0.15, 0.2) is 0 Å². The van der Waals surface area contributed by atoms with Gasteiger partial charge in [-0.25, -0.2) is 4.98 Å². The van der Waals surface area contributed by atoms with Crippen LogP contribution in [0.2, 0.25) is 0 Å². The highest BCUT2D eigenvalue weighted by molar-refractivity contribution is 7.99. The number of nitrogens with one attached hydrogen (secondary N) is 1. The number of amides is 1. The van der Waals surface area contributed by atoms with Crippen molar-refractivity contribution in [3.8, 4) is 0 Å². The molecule has 2 rings (SSSR count). The van der Waals surface area contributed by atoms with Gasteiger partial charge < -0.3 is 10.4 Å². The maximum Gasteiger partial charge on any atom is 0.254 e. The largest absolute Gasteiger partial charge is 0.388 e. The van der Waals surface area contributed by atoms with E-state index in [-0.39, 0.29) is 12.5 Å². The lowest BCUT2D eigenvalue weighted by Crippen LogP contribution is -2.40. The molecule has 1 atom stereocenters. The Morgan fingerprint density at radius 3 is 2.75 bits per heavy atom. The van der Waals surface area contributed by atoms with E-state index < -0.39 is 5.60 Å². The Morgan fingerprint density at radius 2 is 2.08 bits per heavy atom. The van der Waals surface area contributed by atoms with Crippen molar-refractivity contribution in [3.63, 3.8) is 0 Å². The van der Waals surface area contributed by atoms with Crippen LogP contribution in [0.1, 0.15) is 41.8 Å². The Labute approximate surface area is 147 Å². The molecule has 0 fully saturated rings. The summed E-state index contributed by atoms with van der Waals surface area (Å²) in [6.07, 6.45) is 2.26. The molecule has 0 aliphatic rings. The molecule has 1 aromatic carbocycles. The summed E-state index contributed by atoms with van der Waals surface area (Å²) in [5, 5.41) is 13.5. The summed E-state index contributed by atoms with van der Waals surface area (Å²) in [5.41, 5.74) is 1.98. The number of carbonyl (C=O) groups is 1. The highest BCUT2D eigenvalue weighted by Gasteiger charge is 2.20. The average Bonchev–Trinajstić information content (AvgIpc) is 2.56. The number of hydrogen-bond acceptors (Lipinski definition) is 4. The molecule has 0 bridgehead atoms. The number of aromatic nitrogens is 1. The maximum atomic E-state index is 12.5. The van der Waals surface area contributed by atoms with Crippen molar-refractivity contribution in [2.45, 2.75) is 49.6 Å². The van der Waals surface area contributed by atoms with Gasteiger partial charge in [-0.1, -0.05) is 36.4 Å². The lowest BCUT2D eigenvalue weighted by molar-refractivity contribution is 0.0517. The third kappa shape index (κ3) is 4.82. The lowest BCUT2D eigenvalue weighted by atomic mass is 10.0. The highest BCUT2D eigenvalue weighted by atomic mass is 32.2. The Hall–Kier alpha value is -1.85. The normalized spacial score (nSPS) is 13.4. The number of benzene rings is 1. The number of rotatable bonds is 6. The van der Waals surface area contributed by atoms with Gasteiger partial charge in [-0.2, -0.15) is 0 Å². The first-order chi connectivity index (χ1) is 11.3. The summed E-state index contributed by atoms with van der Waals surface area (Å²) in [5.74, 6) is -0.218. The molecule has 1 aromatic heterocycles. The van der Waals surface area contributed by atoms with Gasteiger partial charge in [-0.15, -0.1) is 0 Å². The van der Waals surface area contributed by atoms with Gasteiger partial charge in [0.05, 0.1) is 11.2 Å². The fraction of sp³-hybridized carbons (Fsp3) is 0.368. The predicted octanol–water partition coefficient (Wildman–Crippen LogP) is 3.74. The number of carbonyl (C=O) groups excluding carboxylic acids is 1. The smallest absolute Gasteiger partial charge is 0.254 e. The molecule has 2 aromatic rings. The minimum absolute atomic E-state index is 0.213. The zero-order valence-electron chi connectivity index (χ0n) is 14.6. The highest BCUT2D eigenvalue weighted by Crippen LogP contribution is 2.31. The first-order valence-corrected chi connectivity index (χ1v) is 8.85. The Bertz CT molecular complexity index is 729. The minimum Gasteiger partial charge on any atom is -0.388 e. The third-order valence-corrected chi connectivity index (χ3v) is 5.14. The van der Waals surface area contributed by atoms with Crippen molar-refractivity contribution in [1.82, 2.24) is 10.3 Å². The van der Waals surface area contributed by atoms with E-state index in [0.29, 0.717) is 17.0 Å². The van der Waals surface area contributed by atoms with E-state index in [1.165, 1.54) is 17.3 Å². The summed E-state index contributed by atoms with van der Waals surface area (Å²) >= 11 is 1.48. The fourth-order valence-electron chi connectivity index (χ4n) is 2.15. The van der Waals surface area contributed by atoms with Gasteiger partial charge in [-0.3, -0.25) is 4.79 Å². The molecule has 0 saturated carbocycles. The number of hydrogen-bond donors (Lipinski definition) is 2. The molecular weight excluding hydrogens is 320 g/mol. The van der Waals surface area contributed by atoms with E-state index in [1.807, 2.05) is 13.0 Å². The summed E-state index contributed by atoms with van der Waals surface area (Å²) in [6, 6.07) is 9.72. The van der Waals surface area contributed by atoms with E-state index in [2.05, 4.69) is 36.3 Å². The maximum absolute atomic E-state index is 12.5. The molecule has 0 aliphatic heterocycles. The van der Waals surface area contributed by atoms with Crippen molar-refractivity contribution in [1.29, 1.82) is 0 Å². The SMILES string of the molecule is CC[C@](C)(O)CNC(=O)c1cccnc1Sc1ccc(C)cc1C. The Balaban J connectivity index is 2.19. The van der Waals surface area contributed by atoms with Gasteiger partial charge >= 0.3 is 0 Å². The van der Waals surface area contributed by atoms with Crippen LogP contribution < -0.4 is 5.32 Å². The molecule has 128 valence electrons. The lowest BCUT2D eigenvalue weighted by Gasteiger charge is -2.21. The van der Waals surface area contributed by atoms with E-state index in [1.54, 1.807) is 25.3 Å². The molecule has 0 unspecified atom stereocenters. The fourth-order valence-corrected chi connectivity index (χ4v) is 3.10. The number of aryl methyl sites for hydroxylation is 2. The van der Waals surface area contributed by atoms with Crippen LogP contribution in [0.15, 0.2) is 46.5 Å². The molecule has 1 amide bonds. The van der Waals surface area contributed by atoms with Crippen molar-refractivity contribution >= 4 is 17.7 Å². The van der Waals surface area contributed by atoms with Crippen LogP contribution >= 0.6 is 11.8 Å². The van der Waals surface area contributed by atoms with Crippen molar-refractivity contribution in [3.05, 3.63) is 53.2 Å². The van der Waals surface area contributed by atoms with E-state index in [4.69, 9.17) is 0 Å². The average molecular weight is 344 g/mol. The van der Waals surface area contributed by atoms with Crippen LogP contribution in [-0.4, -0.2) is 28.1 Å². The summed E-state index contributed by atoms with van der Waals surface area (Å²) in [4.78, 5) is 17.9. The van der Waals surface area contributed by atoms with Crippen LogP contribution in [0.25, 0.3) is 0 Å². The van der Waals surface area contributed by atoms with E-state index >= 15 is 0 Å². The molecule has 4 nitrogen and oxygen atoms in total. The molecule has 0 saturated heterocycles. The molecule has 1 heterocycles. The van der Waals surface area contributed by atoms with Gasteiger partial charge in [0.25, 0.3) is 5.91 Å². The Kier molecular flexibility index (Phi) is 6.02. The molecular formula is C19H24N2O2S. The monoisotopic (exact) mass is 344 g/mol. The molecule has 0 spiro atoms. The predicted molar refractivity (Wildman–Crippen MR) is 97.5 cm³/mol. The van der Waals surface area contributed by atoms with Crippen LogP contribution in [0.3, 0.4) is 0 Å². The van der Waals surface area contributed by atoms with Crippen LogP contribution in [-0.2, 0) is 0 Å². The number of aliphatic hydroxyl groups is 1. The summed E-state index contributed by atoms with van der Waals surface area (Å²) in [7, 11) is 0. The molecule has 0 aliphatic carbocycles. The number of pyridine rings is 1. The molecule has 24 heavy (non-hydrogen) atoms. The quantitative estimate of drug-likeness (QED) is 0.838. The van der Waals surface area contributed by atoms with Gasteiger partial charge in [0.2, 0.25) is 0 Å². The topological polar surface area (TPSA) is 62.2 Å². The second-order valence-corrected chi connectivity index (χ2v) is 7.29. The minimum atomic E-state index is -0.904. The molecule has 2 N–H and O–H groups in total.